The zero-order valence-corrected chi connectivity index (χ0v) is 10.1. The van der Waals surface area contributed by atoms with Crippen LogP contribution in [0, 0.1) is 0 Å². The number of hydrogen-bond acceptors (Lipinski definition) is 4. The number of hydrogen-bond donors (Lipinski definition) is 1. The fraction of sp³-hybridized carbons (Fsp3) is 0.889. The molecule has 0 amide bonds. The van der Waals surface area contributed by atoms with Crippen molar-refractivity contribution in [2.24, 2.45) is 0 Å². The molecule has 15 heavy (non-hydrogen) atoms. The van der Waals surface area contributed by atoms with Crippen molar-refractivity contribution in [1.82, 2.24) is 0 Å². The van der Waals surface area contributed by atoms with Crippen molar-refractivity contribution in [2.45, 2.75) is 37.2 Å². The monoisotopic (exact) mass is 238 g/mol. The van der Waals surface area contributed by atoms with Crippen LogP contribution in [0.3, 0.4) is 0 Å². The van der Waals surface area contributed by atoms with Crippen LogP contribution in [0.1, 0.15) is 26.7 Å². The molecule has 0 aromatic heterocycles. The Balaban J connectivity index is 4.71. The van der Waals surface area contributed by atoms with Crippen LogP contribution in [0.2, 0.25) is 0 Å². The lowest BCUT2D eigenvalue weighted by atomic mass is 10.3. The summed E-state index contributed by atoms with van der Waals surface area (Å²) < 4.78 is 28.3. The fourth-order valence-corrected chi connectivity index (χ4v) is 3.01. The zero-order valence-electron chi connectivity index (χ0n) is 9.26. The van der Waals surface area contributed by atoms with Crippen molar-refractivity contribution in [3.63, 3.8) is 0 Å². The van der Waals surface area contributed by atoms with Crippen molar-refractivity contribution in [1.29, 1.82) is 0 Å². The second-order valence-electron chi connectivity index (χ2n) is 3.42. The second kappa shape index (κ2) is 6.07. The Labute approximate surface area is 90.4 Å². The van der Waals surface area contributed by atoms with E-state index in [-0.39, 0.29) is 6.42 Å². The summed E-state index contributed by atoms with van der Waals surface area (Å²) in [5.74, 6) is -1.28. The molecule has 5 nitrogen and oxygen atoms in total. The van der Waals surface area contributed by atoms with E-state index in [0.717, 1.165) is 0 Å². The van der Waals surface area contributed by atoms with E-state index in [9.17, 15) is 13.2 Å². The van der Waals surface area contributed by atoms with Gasteiger partial charge in [0.25, 0.3) is 0 Å². The van der Waals surface area contributed by atoms with E-state index >= 15 is 0 Å². The first-order valence-corrected chi connectivity index (χ1v) is 6.43. The lowest BCUT2D eigenvalue weighted by Crippen LogP contribution is -2.36. The van der Waals surface area contributed by atoms with E-state index in [1.807, 2.05) is 0 Å². The standard InChI is InChI=1S/C9H18O5S/c1-4-8(9(10)11)15(12,13)7(2)5-6-14-3/h7-8H,4-6H2,1-3H3,(H,10,11). The maximum absolute atomic E-state index is 11.8. The number of carbonyl (C=O) groups is 1. The second-order valence-corrected chi connectivity index (χ2v) is 5.97. The number of ether oxygens (including phenoxy) is 1. The maximum Gasteiger partial charge on any atom is 0.321 e. The molecule has 0 saturated carbocycles. The normalized spacial score (nSPS) is 15.9. The van der Waals surface area contributed by atoms with Gasteiger partial charge >= 0.3 is 5.97 Å². The first kappa shape index (κ1) is 14.4. The minimum atomic E-state index is -3.60. The summed E-state index contributed by atoms with van der Waals surface area (Å²) in [6.07, 6.45) is 0.414. The Morgan fingerprint density at radius 1 is 1.47 bits per heavy atom. The number of methoxy groups -OCH3 is 1. The molecule has 0 bridgehead atoms. The van der Waals surface area contributed by atoms with Gasteiger partial charge in [-0.15, -0.1) is 0 Å². The van der Waals surface area contributed by atoms with Gasteiger partial charge in [0.2, 0.25) is 0 Å². The lowest BCUT2D eigenvalue weighted by Gasteiger charge is -2.17. The SMILES string of the molecule is CCC(C(=O)O)S(=O)(=O)C(C)CCOC. The molecule has 0 heterocycles. The highest BCUT2D eigenvalue weighted by Crippen LogP contribution is 2.15. The van der Waals surface area contributed by atoms with Crippen molar-refractivity contribution in [3.05, 3.63) is 0 Å². The predicted molar refractivity (Wildman–Crippen MR) is 56.6 cm³/mol. The van der Waals surface area contributed by atoms with E-state index in [4.69, 9.17) is 9.84 Å². The van der Waals surface area contributed by atoms with Gasteiger partial charge < -0.3 is 9.84 Å². The summed E-state index contributed by atoms with van der Waals surface area (Å²) in [5, 5.41) is 6.79. The zero-order chi connectivity index (χ0) is 12.1. The minimum Gasteiger partial charge on any atom is -0.480 e. The molecule has 0 rings (SSSR count). The van der Waals surface area contributed by atoms with E-state index in [2.05, 4.69) is 0 Å². The highest BCUT2D eigenvalue weighted by Gasteiger charge is 2.34. The van der Waals surface area contributed by atoms with Gasteiger partial charge in [0.05, 0.1) is 5.25 Å². The molecule has 0 aliphatic rings. The third-order valence-electron chi connectivity index (χ3n) is 2.33. The van der Waals surface area contributed by atoms with Gasteiger partial charge in [-0.3, -0.25) is 4.79 Å². The third kappa shape index (κ3) is 3.79. The molecule has 90 valence electrons. The molecule has 0 aromatic carbocycles. The van der Waals surface area contributed by atoms with Crippen molar-refractivity contribution >= 4 is 15.8 Å². The Morgan fingerprint density at radius 3 is 2.33 bits per heavy atom. The van der Waals surface area contributed by atoms with E-state index in [0.29, 0.717) is 13.0 Å². The minimum absolute atomic E-state index is 0.0923. The third-order valence-corrected chi connectivity index (χ3v) is 5.02. The number of carboxylic acids is 1. The molecule has 0 radical (unpaired) electrons. The van der Waals surface area contributed by atoms with Crippen LogP contribution in [0.5, 0.6) is 0 Å². The molecule has 0 aliphatic carbocycles. The average Bonchev–Trinajstić information content (AvgIpc) is 2.13. The molecule has 2 unspecified atom stereocenters. The van der Waals surface area contributed by atoms with Crippen LogP contribution in [-0.2, 0) is 19.4 Å². The summed E-state index contributed by atoms with van der Waals surface area (Å²) in [6.45, 7) is 3.38. The van der Waals surface area contributed by atoms with Gasteiger partial charge in [-0.2, -0.15) is 0 Å². The first-order valence-electron chi connectivity index (χ1n) is 4.82. The van der Waals surface area contributed by atoms with Gasteiger partial charge in [0.15, 0.2) is 15.1 Å². The van der Waals surface area contributed by atoms with Gasteiger partial charge in [-0.25, -0.2) is 8.42 Å². The van der Waals surface area contributed by atoms with Crippen LogP contribution in [0.15, 0.2) is 0 Å². The smallest absolute Gasteiger partial charge is 0.321 e. The summed E-state index contributed by atoms with van der Waals surface area (Å²) in [6, 6.07) is 0. The van der Waals surface area contributed by atoms with Crippen LogP contribution in [-0.4, -0.2) is 43.7 Å². The number of rotatable bonds is 7. The predicted octanol–water partition coefficient (Wildman–Crippen LogP) is 0.689. The summed E-state index contributed by atoms with van der Waals surface area (Å²) >= 11 is 0. The Bertz CT molecular complexity index is 296. The summed E-state index contributed by atoms with van der Waals surface area (Å²) in [5.41, 5.74) is 0. The number of aliphatic carboxylic acids is 1. The van der Waals surface area contributed by atoms with Crippen molar-refractivity contribution in [3.8, 4) is 0 Å². The average molecular weight is 238 g/mol. The van der Waals surface area contributed by atoms with Crippen LogP contribution >= 0.6 is 0 Å². The van der Waals surface area contributed by atoms with E-state index in [1.165, 1.54) is 14.0 Å². The van der Waals surface area contributed by atoms with E-state index < -0.39 is 26.3 Å². The molecule has 0 aliphatic heterocycles. The molecule has 1 N–H and O–H groups in total. The van der Waals surface area contributed by atoms with Gasteiger partial charge in [-0.05, 0) is 19.8 Å². The Kier molecular flexibility index (Phi) is 5.82. The van der Waals surface area contributed by atoms with Crippen LogP contribution in [0.25, 0.3) is 0 Å². The topological polar surface area (TPSA) is 80.7 Å². The van der Waals surface area contributed by atoms with Gasteiger partial charge in [0, 0.05) is 13.7 Å². The number of sulfone groups is 1. The Hall–Kier alpha value is -0.620. The van der Waals surface area contributed by atoms with Gasteiger partial charge in [-0.1, -0.05) is 6.92 Å². The largest absolute Gasteiger partial charge is 0.480 e. The first-order chi connectivity index (χ1) is 6.87. The highest BCUT2D eigenvalue weighted by atomic mass is 32.2. The maximum atomic E-state index is 11.8. The molecule has 0 fully saturated rings. The molecule has 2 atom stereocenters. The molecule has 0 saturated heterocycles. The van der Waals surface area contributed by atoms with E-state index in [1.54, 1.807) is 6.92 Å². The van der Waals surface area contributed by atoms with Crippen molar-refractivity contribution in [2.75, 3.05) is 13.7 Å². The molecule has 0 aromatic rings. The van der Waals surface area contributed by atoms with Crippen LogP contribution in [0.4, 0.5) is 0 Å². The van der Waals surface area contributed by atoms with Crippen molar-refractivity contribution < 1.29 is 23.1 Å². The van der Waals surface area contributed by atoms with Gasteiger partial charge in [0.1, 0.15) is 0 Å². The quantitative estimate of drug-likeness (QED) is 0.705. The summed E-state index contributed by atoms with van der Waals surface area (Å²) in [7, 11) is -2.12. The van der Waals surface area contributed by atoms with Crippen LogP contribution < -0.4 is 0 Å². The molecular weight excluding hydrogens is 220 g/mol. The molecule has 0 spiro atoms. The fourth-order valence-electron chi connectivity index (χ4n) is 1.28. The summed E-state index contributed by atoms with van der Waals surface area (Å²) in [4.78, 5) is 10.7. The molecular formula is C9H18O5S. The number of carboxylic acid groups (broad SMARTS) is 1. The lowest BCUT2D eigenvalue weighted by molar-refractivity contribution is -0.136. The molecule has 6 heteroatoms. The Morgan fingerprint density at radius 2 is 2.00 bits per heavy atom. The highest BCUT2D eigenvalue weighted by molar-refractivity contribution is 7.93.